The van der Waals surface area contributed by atoms with E-state index in [1.54, 1.807) is 19.2 Å². The number of hydrogen-bond acceptors (Lipinski definition) is 3. The average molecular weight is 291 g/mol. The third-order valence-electron chi connectivity index (χ3n) is 4.15. The minimum atomic E-state index is -0.0519. The number of aromatic hydroxyl groups is 1. The maximum Gasteiger partial charge on any atom is 0.257 e. The van der Waals surface area contributed by atoms with Crippen LogP contribution in [0.3, 0.4) is 0 Å². The second kappa shape index (κ2) is 7.46. The minimum Gasteiger partial charge on any atom is -0.507 e. The maximum atomic E-state index is 12.5. The van der Waals surface area contributed by atoms with Gasteiger partial charge >= 0.3 is 0 Å². The second-order valence-electron chi connectivity index (χ2n) is 5.92. The molecular weight excluding hydrogens is 266 g/mol. The zero-order chi connectivity index (χ0) is 15.2. The van der Waals surface area contributed by atoms with Crippen molar-refractivity contribution in [1.29, 1.82) is 0 Å². The van der Waals surface area contributed by atoms with Gasteiger partial charge in [-0.3, -0.25) is 4.79 Å². The van der Waals surface area contributed by atoms with Crippen molar-refractivity contribution in [2.45, 2.75) is 32.6 Å². The van der Waals surface area contributed by atoms with Crippen LogP contribution in [0.4, 0.5) is 0 Å². The number of carbonyl (C=O) groups excluding carboxylic acids is 1. The summed E-state index contributed by atoms with van der Waals surface area (Å²) in [5.74, 6) is 0.580. The van der Waals surface area contributed by atoms with E-state index in [-0.39, 0.29) is 11.7 Å². The summed E-state index contributed by atoms with van der Waals surface area (Å²) in [7, 11) is 1.72. The molecule has 4 nitrogen and oxygen atoms in total. The topological polar surface area (TPSA) is 49.8 Å². The minimum absolute atomic E-state index is 0.0519. The quantitative estimate of drug-likeness (QED) is 0.849. The molecule has 4 heteroatoms. The lowest BCUT2D eigenvalue weighted by molar-refractivity contribution is 0.0657. The number of piperidine rings is 1. The molecule has 1 aliphatic rings. The molecule has 1 saturated heterocycles. The Kier molecular flexibility index (Phi) is 5.62. The van der Waals surface area contributed by atoms with E-state index in [2.05, 4.69) is 0 Å². The van der Waals surface area contributed by atoms with Crippen LogP contribution in [0.1, 0.15) is 41.6 Å². The lowest BCUT2D eigenvalue weighted by atomic mass is 9.93. The Morgan fingerprint density at radius 1 is 1.48 bits per heavy atom. The molecule has 1 N–H and O–H groups in total. The highest BCUT2D eigenvalue weighted by Gasteiger charge is 2.25. The van der Waals surface area contributed by atoms with Crippen LogP contribution in [0.25, 0.3) is 0 Å². The molecule has 1 atom stereocenters. The van der Waals surface area contributed by atoms with Crippen LogP contribution in [-0.2, 0) is 4.74 Å². The van der Waals surface area contributed by atoms with Crippen molar-refractivity contribution in [2.24, 2.45) is 5.92 Å². The number of carbonyl (C=O) groups is 1. The van der Waals surface area contributed by atoms with Crippen LogP contribution >= 0.6 is 0 Å². The van der Waals surface area contributed by atoms with E-state index in [4.69, 9.17) is 4.74 Å². The first-order valence-corrected chi connectivity index (χ1v) is 7.69. The molecule has 1 aromatic carbocycles. The number of benzene rings is 1. The van der Waals surface area contributed by atoms with Gasteiger partial charge in [-0.1, -0.05) is 6.07 Å². The van der Waals surface area contributed by atoms with Crippen molar-refractivity contribution < 1.29 is 14.6 Å². The number of phenols is 1. The molecular formula is C17H25NO3. The van der Waals surface area contributed by atoms with Gasteiger partial charge in [-0.05, 0) is 56.2 Å². The number of ether oxygens (including phenoxy) is 1. The summed E-state index contributed by atoms with van der Waals surface area (Å²) < 4.78 is 5.09. The number of nitrogens with zero attached hydrogens (tertiary/aromatic N) is 1. The molecule has 0 aromatic heterocycles. The van der Waals surface area contributed by atoms with Crippen molar-refractivity contribution in [3.05, 3.63) is 29.3 Å². The van der Waals surface area contributed by atoms with Gasteiger partial charge in [0.15, 0.2) is 0 Å². The average Bonchev–Trinajstić information content (AvgIpc) is 2.47. The highest BCUT2D eigenvalue weighted by atomic mass is 16.5. The van der Waals surface area contributed by atoms with Crippen molar-refractivity contribution in [3.63, 3.8) is 0 Å². The smallest absolute Gasteiger partial charge is 0.257 e. The molecule has 1 unspecified atom stereocenters. The normalized spacial score (nSPS) is 18.8. The fraction of sp³-hybridized carbons (Fsp3) is 0.588. The molecule has 0 saturated carbocycles. The van der Waals surface area contributed by atoms with Crippen molar-refractivity contribution in [2.75, 3.05) is 26.8 Å². The number of phenolic OH excluding ortho intramolecular Hbond substituents is 1. The second-order valence-corrected chi connectivity index (χ2v) is 5.92. The summed E-state index contributed by atoms with van der Waals surface area (Å²) in [6.07, 6.45) is 4.35. The monoisotopic (exact) mass is 291 g/mol. The number of aryl methyl sites for hydroxylation is 1. The van der Waals surface area contributed by atoms with Crippen molar-refractivity contribution in [3.8, 4) is 5.75 Å². The Balaban J connectivity index is 1.98. The van der Waals surface area contributed by atoms with Gasteiger partial charge in [0.2, 0.25) is 0 Å². The summed E-state index contributed by atoms with van der Waals surface area (Å²) in [6, 6.07) is 5.24. The van der Waals surface area contributed by atoms with Gasteiger partial charge in [-0.25, -0.2) is 0 Å². The van der Waals surface area contributed by atoms with Crippen molar-refractivity contribution >= 4 is 5.91 Å². The third-order valence-corrected chi connectivity index (χ3v) is 4.15. The third kappa shape index (κ3) is 4.21. The lowest BCUT2D eigenvalue weighted by Crippen LogP contribution is -2.40. The van der Waals surface area contributed by atoms with E-state index < -0.39 is 0 Å². The fourth-order valence-electron chi connectivity index (χ4n) is 2.99. The molecule has 116 valence electrons. The summed E-state index contributed by atoms with van der Waals surface area (Å²) in [5.41, 5.74) is 1.37. The van der Waals surface area contributed by atoms with E-state index >= 15 is 0 Å². The largest absolute Gasteiger partial charge is 0.507 e. The van der Waals surface area contributed by atoms with Gasteiger partial charge in [0.1, 0.15) is 5.75 Å². The molecule has 0 bridgehead atoms. The van der Waals surface area contributed by atoms with Gasteiger partial charge in [0.25, 0.3) is 5.91 Å². The highest BCUT2D eigenvalue weighted by molar-refractivity contribution is 5.97. The molecule has 21 heavy (non-hydrogen) atoms. The van der Waals surface area contributed by atoms with Crippen LogP contribution < -0.4 is 0 Å². The standard InChI is InChI=1S/C17H25NO3/c1-13-7-8-15(16(19)11-13)17(20)18-9-3-5-14(12-18)6-4-10-21-2/h7-8,11,14,19H,3-6,9-10,12H2,1-2H3. The highest BCUT2D eigenvalue weighted by Crippen LogP contribution is 2.25. The first-order valence-electron chi connectivity index (χ1n) is 7.69. The van der Waals surface area contributed by atoms with Gasteiger partial charge in [-0.2, -0.15) is 0 Å². The Morgan fingerprint density at radius 2 is 2.29 bits per heavy atom. The number of hydrogen-bond donors (Lipinski definition) is 1. The van der Waals surface area contributed by atoms with Crippen LogP contribution in [0.2, 0.25) is 0 Å². The number of amides is 1. The molecule has 1 fully saturated rings. The SMILES string of the molecule is COCCCC1CCCN(C(=O)c2ccc(C)cc2O)C1. The Labute approximate surface area is 126 Å². The first-order chi connectivity index (χ1) is 10.1. The summed E-state index contributed by atoms with van der Waals surface area (Å²) in [6.45, 7) is 4.26. The number of likely N-dealkylation sites (tertiary alicyclic amines) is 1. The molecule has 1 heterocycles. The van der Waals surface area contributed by atoms with Gasteiger partial charge in [0, 0.05) is 26.8 Å². The van der Waals surface area contributed by atoms with E-state index in [0.717, 1.165) is 44.5 Å². The van der Waals surface area contributed by atoms with Crippen LogP contribution in [0, 0.1) is 12.8 Å². The molecule has 2 rings (SSSR count). The molecule has 1 aromatic rings. The van der Waals surface area contributed by atoms with Crippen LogP contribution in [0.15, 0.2) is 18.2 Å². The Morgan fingerprint density at radius 3 is 3.00 bits per heavy atom. The lowest BCUT2D eigenvalue weighted by Gasteiger charge is -2.33. The molecule has 0 spiro atoms. The summed E-state index contributed by atoms with van der Waals surface area (Å²) in [5, 5.41) is 9.97. The molecule has 0 radical (unpaired) electrons. The van der Waals surface area contributed by atoms with E-state index in [1.807, 2.05) is 17.9 Å². The Bertz CT molecular complexity index is 487. The Hall–Kier alpha value is -1.55. The van der Waals surface area contributed by atoms with E-state index in [0.29, 0.717) is 11.5 Å². The number of rotatable bonds is 5. The molecule has 1 amide bonds. The van der Waals surface area contributed by atoms with E-state index in [1.165, 1.54) is 6.42 Å². The fourth-order valence-corrected chi connectivity index (χ4v) is 2.99. The zero-order valence-electron chi connectivity index (χ0n) is 13.0. The van der Waals surface area contributed by atoms with E-state index in [9.17, 15) is 9.90 Å². The van der Waals surface area contributed by atoms with Crippen molar-refractivity contribution in [1.82, 2.24) is 4.90 Å². The van der Waals surface area contributed by atoms with Gasteiger partial charge in [0.05, 0.1) is 5.56 Å². The number of methoxy groups -OCH3 is 1. The van der Waals surface area contributed by atoms with Gasteiger partial charge < -0.3 is 14.7 Å². The van der Waals surface area contributed by atoms with Gasteiger partial charge in [-0.15, -0.1) is 0 Å². The molecule has 1 aliphatic heterocycles. The first kappa shape index (κ1) is 15.8. The maximum absolute atomic E-state index is 12.5. The molecule has 0 aliphatic carbocycles. The summed E-state index contributed by atoms with van der Waals surface area (Å²) >= 11 is 0. The predicted octanol–water partition coefficient (Wildman–Crippen LogP) is 2.98. The summed E-state index contributed by atoms with van der Waals surface area (Å²) in [4.78, 5) is 14.4. The zero-order valence-corrected chi connectivity index (χ0v) is 13.0. The van der Waals surface area contributed by atoms with Crippen LogP contribution in [0.5, 0.6) is 5.75 Å². The predicted molar refractivity (Wildman–Crippen MR) is 82.6 cm³/mol. The van der Waals surface area contributed by atoms with Crippen LogP contribution in [-0.4, -0.2) is 42.7 Å².